The summed E-state index contributed by atoms with van der Waals surface area (Å²) in [6.45, 7) is 2.63. The van der Waals surface area contributed by atoms with Gasteiger partial charge in [-0.25, -0.2) is 9.18 Å². The van der Waals surface area contributed by atoms with Gasteiger partial charge in [-0.3, -0.25) is 4.79 Å². The Morgan fingerprint density at radius 3 is 2.41 bits per heavy atom. The number of halogens is 1. The van der Waals surface area contributed by atoms with Crippen LogP contribution in [0.25, 0.3) is 0 Å². The van der Waals surface area contributed by atoms with Gasteiger partial charge in [-0.1, -0.05) is 12.1 Å². The summed E-state index contributed by atoms with van der Waals surface area (Å²) in [6.07, 6.45) is 0. The predicted octanol–water partition coefficient (Wildman–Crippen LogP) is 1.60. The molecule has 1 atom stereocenters. The number of nitrogens with zero attached hydrogens (tertiary/aromatic N) is 1. The van der Waals surface area contributed by atoms with Gasteiger partial charge in [0.05, 0.1) is 0 Å². The summed E-state index contributed by atoms with van der Waals surface area (Å²) < 4.78 is 13.1. The number of benzene rings is 1. The van der Waals surface area contributed by atoms with E-state index in [1.54, 1.807) is 0 Å². The Kier molecular flexibility index (Phi) is 3.50. The van der Waals surface area contributed by atoms with E-state index in [0.717, 1.165) is 11.0 Å². The molecule has 0 saturated heterocycles. The molecule has 0 radical (unpaired) electrons. The molecule has 0 aliphatic carbocycles. The summed E-state index contributed by atoms with van der Waals surface area (Å²) in [7, 11) is 1.38. The van der Waals surface area contributed by atoms with Crippen LogP contribution in [0, 0.1) is 5.82 Å². The van der Waals surface area contributed by atoms with Crippen LogP contribution >= 0.6 is 0 Å². The highest BCUT2D eigenvalue weighted by Gasteiger charge is 2.41. The van der Waals surface area contributed by atoms with Crippen molar-refractivity contribution in [3.63, 3.8) is 0 Å². The number of amides is 1. The average molecular weight is 239 g/mol. The van der Waals surface area contributed by atoms with Crippen molar-refractivity contribution < 1.29 is 19.1 Å². The molecule has 0 spiro atoms. The molecule has 1 aromatic carbocycles. The Morgan fingerprint density at radius 2 is 2.00 bits per heavy atom. The monoisotopic (exact) mass is 239 g/mol. The van der Waals surface area contributed by atoms with Crippen LogP contribution in [0.2, 0.25) is 0 Å². The summed E-state index contributed by atoms with van der Waals surface area (Å²) in [4.78, 5) is 23.8. The Bertz CT molecular complexity index is 461. The Balaban J connectivity index is 3.35. The molecule has 0 heterocycles. The third-order valence-electron chi connectivity index (χ3n) is 2.95. The van der Waals surface area contributed by atoms with Crippen LogP contribution in [0.15, 0.2) is 24.3 Å². The third kappa shape index (κ3) is 2.27. The Morgan fingerprint density at radius 1 is 1.41 bits per heavy atom. The van der Waals surface area contributed by atoms with Crippen LogP contribution in [0.5, 0.6) is 0 Å². The maximum Gasteiger partial charge on any atom is 0.334 e. The van der Waals surface area contributed by atoms with Gasteiger partial charge in [0, 0.05) is 14.0 Å². The van der Waals surface area contributed by atoms with E-state index < -0.39 is 23.2 Å². The number of carboxylic acids is 1. The zero-order valence-corrected chi connectivity index (χ0v) is 9.90. The second kappa shape index (κ2) is 4.53. The molecule has 0 aliphatic heterocycles. The fraction of sp³-hybridized carbons (Fsp3) is 0.333. The van der Waals surface area contributed by atoms with E-state index in [1.165, 1.54) is 39.1 Å². The minimum absolute atomic E-state index is 0.225. The van der Waals surface area contributed by atoms with Crippen molar-refractivity contribution in [2.45, 2.75) is 19.4 Å². The maximum atomic E-state index is 13.1. The number of hydrogen-bond donors (Lipinski definition) is 1. The highest BCUT2D eigenvalue weighted by molar-refractivity contribution is 5.86. The number of carbonyl (C=O) groups is 2. The van der Waals surface area contributed by atoms with Crippen molar-refractivity contribution in [2.75, 3.05) is 7.05 Å². The fourth-order valence-corrected chi connectivity index (χ4v) is 1.57. The van der Waals surface area contributed by atoms with Gasteiger partial charge in [0.2, 0.25) is 5.91 Å². The molecular weight excluding hydrogens is 225 g/mol. The lowest BCUT2D eigenvalue weighted by Gasteiger charge is -2.34. The van der Waals surface area contributed by atoms with E-state index in [9.17, 15) is 19.1 Å². The van der Waals surface area contributed by atoms with Crippen LogP contribution in [0.4, 0.5) is 4.39 Å². The van der Waals surface area contributed by atoms with Crippen LogP contribution in [-0.2, 0) is 15.1 Å². The zero-order valence-electron chi connectivity index (χ0n) is 9.90. The second-order valence-electron chi connectivity index (χ2n) is 3.97. The fourth-order valence-electron chi connectivity index (χ4n) is 1.57. The minimum atomic E-state index is -1.58. The van der Waals surface area contributed by atoms with E-state index in [-0.39, 0.29) is 5.56 Å². The predicted molar refractivity (Wildman–Crippen MR) is 59.8 cm³/mol. The molecule has 4 nitrogen and oxygen atoms in total. The lowest BCUT2D eigenvalue weighted by Crippen LogP contribution is -2.49. The zero-order chi connectivity index (χ0) is 13.2. The third-order valence-corrected chi connectivity index (χ3v) is 2.95. The number of hydrogen-bond acceptors (Lipinski definition) is 2. The molecule has 1 rings (SSSR count). The van der Waals surface area contributed by atoms with Crippen LogP contribution in [0.3, 0.4) is 0 Å². The van der Waals surface area contributed by atoms with Crippen LogP contribution in [0.1, 0.15) is 19.4 Å². The maximum absolute atomic E-state index is 13.1. The quantitative estimate of drug-likeness (QED) is 0.871. The van der Waals surface area contributed by atoms with E-state index in [2.05, 4.69) is 0 Å². The minimum Gasteiger partial charge on any atom is -0.479 e. The average Bonchev–Trinajstić information content (AvgIpc) is 2.26. The number of rotatable bonds is 3. The summed E-state index contributed by atoms with van der Waals surface area (Å²) in [6, 6.07) is 5.24. The molecule has 0 aliphatic rings. The first-order valence-corrected chi connectivity index (χ1v) is 5.04. The van der Waals surface area contributed by atoms with Crippen molar-refractivity contribution in [1.82, 2.24) is 4.90 Å². The first-order valence-electron chi connectivity index (χ1n) is 5.04. The van der Waals surface area contributed by atoms with Gasteiger partial charge in [-0.2, -0.15) is 0 Å². The van der Waals surface area contributed by atoms with Crippen molar-refractivity contribution >= 4 is 11.9 Å². The first-order chi connectivity index (χ1) is 7.80. The van der Waals surface area contributed by atoms with Crippen molar-refractivity contribution in [2.24, 2.45) is 0 Å². The molecule has 17 heavy (non-hydrogen) atoms. The van der Waals surface area contributed by atoms with Gasteiger partial charge in [0.15, 0.2) is 5.54 Å². The molecule has 5 heteroatoms. The Labute approximate surface area is 98.7 Å². The van der Waals surface area contributed by atoms with Crippen LogP contribution in [-0.4, -0.2) is 28.9 Å². The number of likely N-dealkylation sites (N-methyl/N-ethyl adjacent to an activating group) is 1. The molecule has 1 aromatic rings. The van der Waals surface area contributed by atoms with Gasteiger partial charge >= 0.3 is 5.97 Å². The van der Waals surface area contributed by atoms with E-state index in [4.69, 9.17) is 0 Å². The van der Waals surface area contributed by atoms with Crippen molar-refractivity contribution in [3.05, 3.63) is 35.6 Å². The molecule has 0 fully saturated rings. The highest BCUT2D eigenvalue weighted by atomic mass is 19.1. The summed E-state index contributed by atoms with van der Waals surface area (Å²) in [5.74, 6) is -2.15. The van der Waals surface area contributed by atoms with Gasteiger partial charge < -0.3 is 10.0 Å². The molecule has 1 N–H and O–H groups in total. The summed E-state index contributed by atoms with van der Waals surface area (Å²) in [5, 5.41) is 9.28. The van der Waals surface area contributed by atoms with Gasteiger partial charge in [0.1, 0.15) is 5.82 Å². The molecule has 1 amide bonds. The van der Waals surface area contributed by atoms with E-state index in [0.29, 0.717) is 0 Å². The lowest BCUT2D eigenvalue weighted by molar-refractivity contribution is -0.156. The number of carboxylic acid groups (broad SMARTS) is 1. The molecule has 92 valence electrons. The van der Waals surface area contributed by atoms with Crippen molar-refractivity contribution in [1.29, 1.82) is 0 Å². The normalized spacial score (nSPS) is 13.9. The second-order valence-corrected chi connectivity index (χ2v) is 3.97. The summed E-state index contributed by atoms with van der Waals surface area (Å²) >= 11 is 0. The van der Waals surface area contributed by atoms with E-state index >= 15 is 0 Å². The number of carbonyl (C=O) groups excluding carboxylic acids is 1. The largest absolute Gasteiger partial charge is 0.479 e. The molecule has 0 aromatic heterocycles. The number of aliphatic carboxylic acids is 1. The smallest absolute Gasteiger partial charge is 0.334 e. The van der Waals surface area contributed by atoms with Crippen molar-refractivity contribution in [3.8, 4) is 0 Å². The molecule has 0 saturated carbocycles. The summed E-state index contributed by atoms with van der Waals surface area (Å²) in [5.41, 5.74) is -1.35. The molecular formula is C12H14FNO3. The SMILES string of the molecule is CC(=O)N(C)C(C)(C(=O)O)c1cccc(F)c1. The van der Waals surface area contributed by atoms with E-state index in [1.807, 2.05) is 0 Å². The Hall–Kier alpha value is -1.91. The standard InChI is InChI=1S/C12H14FNO3/c1-8(15)14(3)12(2,11(16)17)9-5-4-6-10(13)7-9/h4-7H,1-3H3,(H,16,17). The van der Waals surface area contributed by atoms with Gasteiger partial charge in [0.25, 0.3) is 0 Å². The molecule has 1 unspecified atom stereocenters. The molecule has 0 bridgehead atoms. The first kappa shape index (κ1) is 13.2. The topological polar surface area (TPSA) is 57.6 Å². The highest BCUT2D eigenvalue weighted by Crippen LogP contribution is 2.28. The lowest BCUT2D eigenvalue weighted by atomic mass is 9.90. The van der Waals surface area contributed by atoms with Gasteiger partial charge in [-0.15, -0.1) is 0 Å². The van der Waals surface area contributed by atoms with Crippen LogP contribution < -0.4 is 0 Å². The van der Waals surface area contributed by atoms with Gasteiger partial charge in [-0.05, 0) is 24.6 Å².